The lowest BCUT2D eigenvalue weighted by atomic mass is 9.98. The molecule has 0 bridgehead atoms. The van der Waals surface area contributed by atoms with Gasteiger partial charge in [-0.15, -0.1) is 0 Å². The van der Waals surface area contributed by atoms with Gasteiger partial charge in [0.15, 0.2) is 0 Å². The fourth-order valence-electron chi connectivity index (χ4n) is 1.33. The van der Waals surface area contributed by atoms with Crippen LogP contribution < -0.4 is 0 Å². The van der Waals surface area contributed by atoms with Gasteiger partial charge in [0.25, 0.3) is 0 Å². The first-order chi connectivity index (χ1) is 8.77. The van der Waals surface area contributed by atoms with Gasteiger partial charge in [0, 0.05) is 16.7 Å². The molecular weight excluding hydrogens is 285 g/mol. The van der Waals surface area contributed by atoms with E-state index in [0.29, 0.717) is 10.3 Å². The Kier molecular flexibility index (Phi) is 5.18. The van der Waals surface area contributed by atoms with Crippen LogP contribution in [0.2, 0.25) is 5.15 Å². The van der Waals surface area contributed by atoms with Crippen LogP contribution in [0, 0.1) is 6.92 Å². The Balaban J connectivity index is 3.08. The molecule has 1 aromatic heterocycles. The maximum absolute atomic E-state index is 8.53. The van der Waals surface area contributed by atoms with Crippen LogP contribution in [0.15, 0.2) is 22.4 Å². The van der Waals surface area contributed by atoms with Crippen molar-refractivity contribution in [3.05, 3.63) is 39.0 Å². The minimum Gasteiger partial charge on any atom is -0.269 e. The lowest BCUT2D eigenvalue weighted by Crippen LogP contribution is -2.30. The number of nitrogens with zero attached hydrogens (tertiary/aromatic N) is 5. The van der Waals surface area contributed by atoms with Gasteiger partial charge >= 0.3 is 0 Å². The maximum atomic E-state index is 8.53. The maximum Gasteiger partial charge on any atom is 0.132 e. The van der Waals surface area contributed by atoms with Crippen molar-refractivity contribution in [1.82, 2.24) is 4.98 Å². The molecule has 102 valence electrons. The van der Waals surface area contributed by atoms with Crippen molar-refractivity contribution in [3.63, 3.8) is 0 Å². The Bertz CT molecular complexity index is 547. The summed E-state index contributed by atoms with van der Waals surface area (Å²) in [5.41, 5.74) is 9.49. The third-order valence-electron chi connectivity index (χ3n) is 2.93. The normalized spacial score (nSPS) is 13.9. The molecule has 5 nitrogen and oxygen atoms in total. The van der Waals surface area contributed by atoms with Crippen molar-refractivity contribution < 1.29 is 0 Å². The predicted molar refractivity (Wildman–Crippen MR) is 79.1 cm³/mol. The summed E-state index contributed by atoms with van der Waals surface area (Å²) >= 11 is 12.0. The molecule has 0 saturated carbocycles. The average molecular weight is 300 g/mol. The van der Waals surface area contributed by atoms with Crippen molar-refractivity contribution in [2.75, 3.05) is 0 Å². The van der Waals surface area contributed by atoms with Crippen LogP contribution in [0.4, 0.5) is 0 Å². The van der Waals surface area contributed by atoms with E-state index in [4.69, 9.17) is 28.7 Å². The predicted octanol–water partition coefficient (Wildman–Crippen LogP) is 4.51. The van der Waals surface area contributed by atoms with Gasteiger partial charge in [-0.3, -0.25) is 4.99 Å². The first-order valence-corrected chi connectivity index (χ1v) is 6.45. The van der Waals surface area contributed by atoms with Crippen molar-refractivity contribution in [2.45, 2.75) is 39.3 Å². The molecular formula is C12H15Cl2N5. The second kappa shape index (κ2) is 6.24. The molecule has 19 heavy (non-hydrogen) atoms. The summed E-state index contributed by atoms with van der Waals surface area (Å²) in [6.45, 7) is 7.33. The quantitative estimate of drug-likeness (QED) is 0.265. The lowest BCUT2D eigenvalue weighted by molar-refractivity contribution is 0.434. The highest BCUT2D eigenvalue weighted by atomic mass is 35.5. The zero-order valence-corrected chi connectivity index (χ0v) is 12.7. The van der Waals surface area contributed by atoms with E-state index in [1.54, 1.807) is 26.1 Å². The van der Waals surface area contributed by atoms with Gasteiger partial charge in [-0.2, -0.15) is 0 Å². The average Bonchev–Trinajstić information content (AvgIpc) is 2.28. The van der Waals surface area contributed by atoms with Crippen LogP contribution in [0.5, 0.6) is 0 Å². The van der Waals surface area contributed by atoms with Crippen LogP contribution in [-0.4, -0.2) is 21.7 Å². The second-order valence-electron chi connectivity index (χ2n) is 4.76. The third kappa shape index (κ3) is 4.10. The first-order valence-electron chi connectivity index (χ1n) is 5.70. The van der Waals surface area contributed by atoms with Crippen molar-refractivity contribution in [3.8, 4) is 0 Å². The molecule has 0 amide bonds. The van der Waals surface area contributed by atoms with Gasteiger partial charge in [-0.1, -0.05) is 42.2 Å². The van der Waals surface area contributed by atoms with Gasteiger partial charge in [-0.05, 0) is 31.0 Å². The van der Waals surface area contributed by atoms with E-state index in [1.807, 2.05) is 13.8 Å². The standard InChI is InChI=1S/C12H15Cl2N5/c1-7-5-10(13)16-6-9(7)11(14)17-8(2)12(3,4)18-19-15/h5-6,8H,1-4H3/b17-11+. The fourth-order valence-corrected chi connectivity index (χ4v) is 1.89. The van der Waals surface area contributed by atoms with Crippen LogP contribution in [0.3, 0.4) is 0 Å². The number of rotatable bonds is 4. The number of aliphatic imine (C=N–C) groups is 1. The highest BCUT2D eigenvalue weighted by molar-refractivity contribution is 6.69. The number of aryl methyl sites for hydroxylation is 1. The van der Waals surface area contributed by atoms with E-state index >= 15 is 0 Å². The zero-order chi connectivity index (χ0) is 14.6. The van der Waals surface area contributed by atoms with Crippen molar-refractivity contribution in [1.29, 1.82) is 0 Å². The minimum absolute atomic E-state index is 0.258. The molecule has 1 heterocycles. The molecule has 1 unspecified atom stereocenters. The molecule has 0 aromatic carbocycles. The van der Waals surface area contributed by atoms with E-state index < -0.39 is 5.54 Å². The van der Waals surface area contributed by atoms with Crippen molar-refractivity contribution >= 4 is 28.4 Å². The van der Waals surface area contributed by atoms with Crippen LogP contribution in [-0.2, 0) is 0 Å². The Morgan fingerprint density at radius 2 is 2.16 bits per heavy atom. The molecule has 0 spiro atoms. The molecule has 0 aliphatic heterocycles. The monoisotopic (exact) mass is 299 g/mol. The SMILES string of the molecule is Cc1cc(Cl)ncc1/C(Cl)=N\C(C)C(C)(C)N=[N+]=[N-]. The van der Waals surface area contributed by atoms with E-state index in [2.05, 4.69) is 20.0 Å². The smallest absolute Gasteiger partial charge is 0.132 e. The molecule has 0 aliphatic rings. The van der Waals surface area contributed by atoms with Gasteiger partial charge in [0.1, 0.15) is 10.3 Å². The molecule has 0 N–H and O–H groups in total. The summed E-state index contributed by atoms with van der Waals surface area (Å²) in [6, 6.07) is 1.46. The molecule has 0 radical (unpaired) electrons. The molecule has 1 aromatic rings. The van der Waals surface area contributed by atoms with Crippen molar-refractivity contribution in [2.24, 2.45) is 10.1 Å². The zero-order valence-electron chi connectivity index (χ0n) is 11.2. The number of azide groups is 1. The van der Waals surface area contributed by atoms with E-state index in [1.165, 1.54) is 0 Å². The van der Waals surface area contributed by atoms with Gasteiger partial charge in [0.2, 0.25) is 0 Å². The molecule has 7 heteroatoms. The molecule has 1 rings (SSSR count). The number of pyridine rings is 1. The summed E-state index contributed by atoms with van der Waals surface area (Å²) in [7, 11) is 0. The molecule has 0 aliphatic carbocycles. The van der Waals surface area contributed by atoms with Gasteiger partial charge < -0.3 is 0 Å². The van der Waals surface area contributed by atoms with Gasteiger partial charge in [0.05, 0.1) is 11.6 Å². The topological polar surface area (TPSA) is 74.0 Å². The Hall–Kier alpha value is -1.29. The van der Waals surface area contributed by atoms with Crippen LogP contribution in [0.1, 0.15) is 31.9 Å². The van der Waals surface area contributed by atoms with E-state index in [-0.39, 0.29) is 6.04 Å². The Labute approximate surface area is 122 Å². The number of hydrogen-bond donors (Lipinski definition) is 0. The molecule has 1 atom stereocenters. The van der Waals surface area contributed by atoms with Crippen LogP contribution >= 0.6 is 23.2 Å². The molecule has 0 saturated heterocycles. The molecule has 0 fully saturated rings. The number of hydrogen-bond acceptors (Lipinski definition) is 3. The summed E-state index contributed by atoms with van der Waals surface area (Å²) in [4.78, 5) is 11.2. The second-order valence-corrected chi connectivity index (χ2v) is 5.51. The Morgan fingerprint density at radius 1 is 1.53 bits per heavy atom. The number of aromatic nitrogens is 1. The van der Waals surface area contributed by atoms with E-state index in [0.717, 1.165) is 11.1 Å². The highest BCUT2D eigenvalue weighted by Crippen LogP contribution is 2.21. The summed E-state index contributed by atoms with van der Waals surface area (Å²) in [6.07, 6.45) is 1.58. The first kappa shape index (κ1) is 15.8. The minimum atomic E-state index is -0.650. The van der Waals surface area contributed by atoms with Crippen LogP contribution in [0.25, 0.3) is 10.4 Å². The summed E-state index contributed by atoms with van der Waals surface area (Å²) < 4.78 is 0. The lowest BCUT2D eigenvalue weighted by Gasteiger charge is -2.23. The third-order valence-corrected chi connectivity index (χ3v) is 3.44. The summed E-state index contributed by atoms with van der Waals surface area (Å²) in [5, 5.41) is 4.46. The van der Waals surface area contributed by atoms with Gasteiger partial charge in [-0.25, -0.2) is 4.98 Å². The highest BCUT2D eigenvalue weighted by Gasteiger charge is 2.24. The fraction of sp³-hybridized carbons (Fsp3) is 0.500. The number of halogens is 2. The van der Waals surface area contributed by atoms with E-state index in [9.17, 15) is 0 Å². The summed E-state index contributed by atoms with van der Waals surface area (Å²) in [5.74, 6) is 0. The largest absolute Gasteiger partial charge is 0.269 e. The Morgan fingerprint density at radius 3 is 2.68 bits per heavy atom.